The van der Waals surface area contributed by atoms with Gasteiger partial charge < -0.3 is 10.1 Å². The fraction of sp³-hybridized carbons (Fsp3) is 0.130. The van der Waals surface area contributed by atoms with Crippen LogP contribution in [0.4, 0.5) is 16.2 Å². The first-order chi connectivity index (χ1) is 13.6. The Balaban J connectivity index is 1.42. The Morgan fingerprint density at radius 1 is 0.786 bits per heavy atom. The SMILES string of the molecule is CC(=O)Nc1ccc(NC(=O)OCC2c3ccccc3-c3ccccc32)cc1. The molecule has 28 heavy (non-hydrogen) atoms. The van der Waals surface area contributed by atoms with Gasteiger partial charge in [-0.05, 0) is 46.5 Å². The second-order valence-electron chi connectivity index (χ2n) is 6.71. The largest absolute Gasteiger partial charge is 0.448 e. The van der Waals surface area contributed by atoms with Crippen LogP contribution in [-0.4, -0.2) is 18.6 Å². The second kappa shape index (κ2) is 7.56. The molecule has 0 radical (unpaired) electrons. The Bertz CT molecular complexity index is 983. The van der Waals surface area contributed by atoms with Crippen molar-refractivity contribution in [3.63, 3.8) is 0 Å². The number of fused-ring (bicyclic) bond motifs is 3. The molecule has 0 saturated heterocycles. The number of amides is 2. The van der Waals surface area contributed by atoms with E-state index in [1.165, 1.54) is 29.2 Å². The minimum absolute atomic E-state index is 0.0280. The van der Waals surface area contributed by atoms with E-state index in [0.29, 0.717) is 11.4 Å². The van der Waals surface area contributed by atoms with Crippen LogP contribution in [0.15, 0.2) is 72.8 Å². The molecule has 0 heterocycles. The van der Waals surface area contributed by atoms with Crippen LogP contribution in [0, 0.1) is 0 Å². The Hall–Kier alpha value is -3.60. The number of rotatable bonds is 4. The van der Waals surface area contributed by atoms with E-state index in [-0.39, 0.29) is 18.4 Å². The summed E-state index contributed by atoms with van der Waals surface area (Å²) >= 11 is 0. The van der Waals surface area contributed by atoms with Crippen LogP contribution in [0.1, 0.15) is 24.0 Å². The van der Waals surface area contributed by atoms with Gasteiger partial charge in [0, 0.05) is 24.2 Å². The van der Waals surface area contributed by atoms with E-state index in [2.05, 4.69) is 34.9 Å². The molecule has 0 saturated carbocycles. The summed E-state index contributed by atoms with van der Waals surface area (Å²) in [5.41, 5.74) is 6.02. The average Bonchev–Trinajstić information content (AvgIpc) is 3.01. The lowest BCUT2D eigenvalue weighted by atomic mass is 9.98. The molecular formula is C23H20N2O3. The van der Waals surface area contributed by atoms with Crippen LogP contribution in [0.3, 0.4) is 0 Å². The zero-order valence-corrected chi connectivity index (χ0v) is 15.4. The van der Waals surface area contributed by atoms with E-state index < -0.39 is 6.09 Å². The molecule has 2 amide bonds. The monoisotopic (exact) mass is 372 g/mol. The lowest BCUT2D eigenvalue weighted by molar-refractivity contribution is -0.114. The fourth-order valence-electron chi connectivity index (χ4n) is 3.59. The Morgan fingerprint density at radius 3 is 1.82 bits per heavy atom. The normalized spacial score (nSPS) is 12.0. The molecule has 1 aliphatic carbocycles. The van der Waals surface area contributed by atoms with E-state index >= 15 is 0 Å². The number of ether oxygens (including phenoxy) is 1. The number of hydrogen-bond donors (Lipinski definition) is 2. The van der Waals surface area contributed by atoms with Crippen LogP contribution in [0.2, 0.25) is 0 Å². The van der Waals surface area contributed by atoms with Gasteiger partial charge in [-0.25, -0.2) is 4.79 Å². The van der Waals surface area contributed by atoms with E-state index in [1.54, 1.807) is 24.3 Å². The van der Waals surface area contributed by atoms with Crippen molar-refractivity contribution in [3.8, 4) is 11.1 Å². The minimum Gasteiger partial charge on any atom is -0.448 e. The van der Waals surface area contributed by atoms with E-state index in [4.69, 9.17) is 4.74 Å². The predicted molar refractivity (Wildman–Crippen MR) is 109 cm³/mol. The minimum atomic E-state index is -0.505. The fourth-order valence-corrected chi connectivity index (χ4v) is 3.59. The van der Waals surface area contributed by atoms with Crippen LogP contribution in [-0.2, 0) is 9.53 Å². The molecule has 2 N–H and O–H groups in total. The maximum Gasteiger partial charge on any atom is 0.411 e. The Labute approximate surface area is 163 Å². The van der Waals surface area contributed by atoms with Gasteiger partial charge >= 0.3 is 6.09 Å². The molecule has 0 atom stereocenters. The highest BCUT2D eigenvalue weighted by atomic mass is 16.5. The van der Waals surface area contributed by atoms with Gasteiger partial charge in [0.1, 0.15) is 6.61 Å². The molecule has 0 fully saturated rings. The van der Waals surface area contributed by atoms with Gasteiger partial charge in [-0.1, -0.05) is 48.5 Å². The number of carbonyl (C=O) groups is 2. The number of nitrogens with one attached hydrogen (secondary N) is 2. The van der Waals surface area contributed by atoms with Gasteiger partial charge in [0.25, 0.3) is 0 Å². The summed E-state index contributed by atoms with van der Waals surface area (Å²) < 4.78 is 5.52. The van der Waals surface area contributed by atoms with Crippen LogP contribution in [0.5, 0.6) is 0 Å². The molecule has 5 heteroatoms. The van der Waals surface area contributed by atoms with Gasteiger partial charge in [0.15, 0.2) is 0 Å². The smallest absolute Gasteiger partial charge is 0.411 e. The van der Waals surface area contributed by atoms with Gasteiger partial charge in [-0.2, -0.15) is 0 Å². The van der Waals surface area contributed by atoms with Crippen molar-refractivity contribution < 1.29 is 14.3 Å². The van der Waals surface area contributed by atoms with Crippen molar-refractivity contribution in [1.82, 2.24) is 0 Å². The van der Waals surface area contributed by atoms with Crippen LogP contribution in [0.25, 0.3) is 11.1 Å². The van der Waals surface area contributed by atoms with Gasteiger partial charge in [-0.15, -0.1) is 0 Å². The lowest BCUT2D eigenvalue weighted by Gasteiger charge is -2.14. The molecule has 1 aliphatic rings. The number of carbonyl (C=O) groups excluding carboxylic acids is 2. The number of hydrogen-bond acceptors (Lipinski definition) is 3. The third-order valence-electron chi connectivity index (χ3n) is 4.80. The first kappa shape index (κ1) is 17.8. The highest BCUT2D eigenvalue weighted by molar-refractivity contribution is 5.90. The summed E-state index contributed by atoms with van der Waals surface area (Å²) in [4.78, 5) is 23.3. The average molecular weight is 372 g/mol. The van der Waals surface area contributed by atoms with E-state index in [9.17, 15) is 9.59 Å². The number of anilines is 2. The number of benzene rings is 3. The van der Waals surface area contributed by atoms with Crippen molar-refractivity contribution in [2.24, 2.45) is 0 Å². The zero-order chi connectivity index (χ0) is 19.5. The van der Waals surface area contributed by atoms with Crippen molar-refractivity contribution in [3.05, 3.63) is 83.9 Å². The van der Waals surface area contributed by atoms with Gasteiger partial charge in [0.2, 0.25) is 5.91 Å². The summed E-state index contributed by atoms with van der Waals surface area (Å²) in [6.07, 6.45) is -0.505. The maximum atomic E-state index is 12.3. The molecule has 4 rings (SSSR count). The van der Waals surface area contributed by atoms with Crippen molar-refractivity contribution in [2.45, 2.75) is 12.8 Å². The topological polar surface area (TPSA) is 67.4 Å². The molecule has 3 aromatic rings. The van der Waals surface area contributed by atoms with Crippen molar-refractivity contribution in [1.29, 1.82) is 0 Å². The summed E-state index contributed by atoms with van der Waals surface area (Å²) in [6.45, 7) is 1.71. The molecule has 5 nitrogen and oxygen atoms in total. The third-order valence-corrected chi connectivity index (χ3v) is 4.80. The first-order valence-electron chi connectivity index (χ1n) is 9.11. The molecule has 3 aromatic carbocycles. The highest BCUT2D eigenvalue weighted by Crippen LogP contribution is 2.44. The summed E-state index contributed by atoms with van der Waals surface area (Å²) in [5.74, 6) is -0.113. The first-order valence-corrected chi connectivity index (χ1v) is 9.11. The molecule has 0 aliphatic heterocycles. The summed E-state index contributed by atoms with van der Waals surface area (Å²) in [7, 11) is 0. The van der Waals surface area contributed by atoms with Crippen molar-refractivity contribution in [2.75, 3.05) is 17.2 Å². The summed E-state index contributed by atoms with van der Waals surface area (Å²) in [6, 6.07) is 23.3. The van der Waals surface area contributed by atoms with Crippen LogP contribution >= 0.6 is 0 Å². The second-order valence-corrected chi connectivity index (χ2v) is 6.71. The van der Waals surface area contributed by atoms with Crippen LogP contribution < -0.4 is 10.6 Å². The van der Waals surface area contributed by atoms with E-state index in [1.807, 2.05) is 24.3 Å². The zero-order valence-electron chi connectivity index (χ0n) is 15.4. The lowest BCUT2D eigenvalue weighted by Crippen LogP contribution is -2.17. The molecule has 0 aromatic heterocycles. The van der Waals surface area contributed by atoms with Gasteiger partial charge in [-0.3, -0.25) is 10.1 Å². The molecule has 140 valence electrons. The van der Waals surface area contributed by atoms with Gasteiger partial charge in [0.05, 0.1) is 0 Å². The predicted octanol–water partition coefficient (Wildman–Crippen LogP) is 5.01. The summed E-state index contributed by atoms with van der Waals surface area (Å²) in [5, 5.41) is 5.40. The standard InChI is InChI=1S/C23H20N2O3/c1-15(26)24-16-10-12-17(13-11-16)25-23(27)28-14-22-20-8-4-2-6-18(20)19-7-3-5-9-21(19)22/h2-13,22H,14H2,1H3,(H,24,26)(H,25,27). The molecule has 0 bridgehead atoms. The quantitative estimate of drug-likeness (QED) is 0.677. The Kier molecular flexibility index (Phi) is 4.81. The maximum absolute atomic E-state index is 12.3. The molecule has 0 spiro atoms. The molecular weight excluding hydrogens is 352 g/mol. The Morgan fingerprint density at radius 2 is 1.29 bits per heavy atom. The van der Waals surface area contributed by atoms with E-state index in [0.717, 1.165) is 0 Å². The third kappa shape index (κ3) is 3.60. The van der Waals surface area contributed by atoms with Crippen molar-refractivity contribution >= 4 is 23.4 Å². The molecule has 0 unspecified atom stereocenters. The highest BCUT2D eigenvalue weighted by Gasteiger charge is 2.28.